The zero-order valence-electron chi connectivity index (χ0n) is 13.5. The molecule has 0 aliphatic rings. The molecule has 4 nitrogen and oxygen atoms in total. The van der Waals surface area contributed by atoms with E-state index in [1.807, 2.05) is 5.32 Å². The van der Waals surface area contributed by atoms with Crippen LogP contribution < -0.4 is 5.32 Å². The maximum absolute atomic E-state index is 13.0. The number of rotatable bonds is 5. The van der Waals surface area contributed by atoms with E-state index in [9.17, 15) is 27.2 Å². The lowest BCUT2D eigenvalue weighted by molar-refractivity contribution is -0.142. The summed E-state index contributed by atoms with van der Waals surface area (Å²) in [6.45, 7) is -0.825. The Bertz CT molecular complexity index is 881. The Hall–Kier alpha value is -2.87. The number of hydrogen-bond donors (Lipinski definition) is 1. The Kier molecular flexibility index (Phi) is 6.57. The van der Waals surface area contributed by atoms with Gasteiger partial charge in [-0.3, -0.25) is 4.79 Å². The number of amides is 1. The first-order valence-corrected chi connectivity index (χ1v) is 7.80. The molecular weight excluding hydrogens is 390 g/mol. The van der Waals surface area contributed by atoms with Gasteiger partial charge in [0.25, 0.3) is 5.91 Å². The molecule has 1 amide bonds. The average molecular weight is 402 g/mol. The second kappa shape index (κ2) is 8.68. The van der Waals surface area contributed by atoms with E-state index in [2.05, 4.69) is 4.74 Å². The van der Waals surface area contributed by atoms with Crippen molar-refractivity contribution in [2.75, 3.05) is 11.9 Å². The van der Waals surface area contributed by atoms with Crippen LogP contribution in [0, 0.1) is 5.82 Å². The molecule has 0 spiro atoms. The number of alkyl halides is 3. The Morgan fingerprint density at radius 1 is 1.15 bits per heavy atom. The van der Waals surface area contributed by atoms with Gasteiger partial charge >= 0.3 is 12.1 Å². The molecule has 0 aromatic heterocycles. The van der Waals surface area contributed by atoms with E-state index in [4.69, 9.17) is 11.6 Å². The molecule has 2 aromatic carbocycles. The number of hydrogen-bond acceptors (Lipinski definition) is 3. The highest BCUT2D eigenvalue weighted by atomic mass is 35.5. The summed E-state index contributed by atoms with van der Waals surface area (Å²) in [5, 5.41) is 1.67. The third-order valence-corrected chi connectivity index (χ3v) is 3.50. The van der Waals surface area contributed by atoms with Crippen LogP contribution in [-0.4, -0.2) is 18.5 Å². The minimum atomic E-state index is -4.72. The number of carbonyl (C=O) groups is 2. The van der Waals surface area contributed by atoms with Crippen LogP contribution in [0.25, 0.3) is 6.08 Å². The molecule has 27 heavy (non-hydrogen) atoms. The molecule has 0 bridgehead atoms. The third-order valence-electron chi connectivity index (χ3n) is 3.19. The Labute approximate surface area is 156 Å². The van der Waals surface area contributed by atoms with E-state index < -0.39 is 41.7 Å². The van der Waals surface area contributed by atoms with Crippen molar-refractivity contribution in [2.24, 2.45) is 0 Å². The molecule has 0 fully saturated rings. The number of esters is 1. The first kappa shape index (κ1) is 20.4. The van der Waals surface area contributed by atoms with Crippen molar-refractivity contribution in [3.05, 3.63) is 70.5 Å². The van der Waals surface area contributed by atoms with Gasteiger partial charge in [0, 0.05) is 6.08 Å². The first-order chi connectivity index (χ1) is 12.7. The van der Waals surface area contributed by atoms with Crippen LogP contribution in [0.15, 0.2) is 48.5 Å². The van der Waals surface area contributed by atoms with Crippen LogP contribution >= 0.6 is 11.6 Å². The van der Waals surface area contributed by atoms with E-state index in [1.54, 1.807) is 0 Å². The van der Waals surface area contributed by atoms with Crippen molar-refractivity contribution < 1.29 is 31.9 Å². The van der Waals surface area contributed by atoms with Gasteiger partial charge in [-0.2, -0.15) is 13.2 Å². The lowest BCUT2D eigenvalue weighted by Crippen LogP contribution is -2.22. The standard InChI is InChI=1S/C18H12ClF4NO3/c19-14-6-2-5-13(18(21,22)23)17(14)24-15(25)10-27-16(26)8-7-11-3-1-4-12(20)9-11/h1-9H,10H2,(H,24,25)/b8-7+. The van der Waals surface area contributed by atoms with Crippen molar-refractivity contribution >= 4 is 35.2 Å². The lowest BCUT2D eigenvalue weighted by atomic mass is 10.1. The quantitative estimate of drug-likeness (QED) is 0.449. The largest absolute Gasteiger partial charge is 0.452 e. The van der Waals surface area contributed by atoms with Gasteiger partial charge in [-0.15, -0.1) is 0 Å². The number of nitrogens with one attached hydrogen (secondary N) is 1. The minimum absolute atomic E-state index is 0.310. The lowest BCUT2D eigenvalue weighted by Gasteiger charge is -2.15. The second-order valence-corrected chi connectivity index (χ2v) is 5.61. The average Bonchev–Trinajstić information content (AvgIpc) is 2.59. The monoisotopic (exact) mass is 401 g/mol. The number of para-hydroxylation sites is 1. The molecule has 9 heteroatoms. The fourth-order valence-corrected chi connectivity index (χ4v) is 2.24. The molecule has 0 unspecified atom stereocenters. The van der Waals surface area contributed by atoms with Gasteiger partial charge in [-0.25, -0.2) is 9.18 Å². The van der Waals surface area contributed by atoms with Crippen LogP contribution in [0.5, 0.6) is 0 Å². The summed E-state index contributed by atoms with van der Waals surface area (Å²) >= 11 is 5.71. The number of benzene rings is 2. The van der Waals surface area contributed by atoms with E-state index in [1.165, 1.54) is 36.4 Å². The summed E-state index contributed by atoms with van der Waals surface area (Å²) in [6.07, 6.45) is -2.50. The number of anilines is 1. The molecule has 0 saturated heterocycles. The molecule has 0 radical (unpaired) electrons. The molecule has 2 rings (SSSR count). The van der Waals surface area contributed by atoms with Crippen molar-refractivity contribution in [3.8, 4) is 0 Å². The zero-order valence-corrected chi connectivity index (χ0v) is 14.3. The Balaban J connectivity index is 1.96. The van der Waals surface area contributed by atoms with Crippen LogP contribution in [0.3, 0.4) is 0 Å². The minimum Gasteiger partial charge on any atom is -0.452 e. The van der Waals surface area contributed by atoms with Crippen LogP contribution in [0.2, 0.25) is 5.02 Å². The van der Waals surface area contributed by atoms with Gasteiger partial charge in [0.15, 0.2) is 6.61 Å². The van der Waals surface area contributed by atoms with Crippen molar-refractivity contribution in [2.45, 2.75) is 6.18 Å². The van der Waals surface area contributed by atoms with E-state index in [0.29, 0.717) is 5.56 Å². The highest BCUT2D eigenvalue weighted by Crippen LogP contribution is 2.38. The molecule has 1 N–H and O–H groups in total. The van der Waals surface area contributed by atoms with Gasteiger partial charge in [-0.1, -0.05) is 29.8 Å². The summed E-state index contributed by atoms with van der Waals surface area (Å²) in [7, 11) is 0. The SMILES string of the molecule is O=C(COC(=O)/C=C/c1cccc(F)c1)Nc1c(Cl)cccc1C(F)(F)F. The molecule has 0 heterocycles. The third kappa shape index (κ3) is 6.10. The maximum atomic E-state index is 13.0. The normalized spacial score (nSPS) is 11.4. The van der Waals surface area contributed by atoms with Gasteiger partial charge in [0.1, 0.15) is 5.82 Å². The molecule has 0 aliphatic heterocycles. The molecular formula is C18H12ClF4NO3. The van der Waals surface area contributed by atoms with Gasteiger partial charge in [-0.05, 0) is 35.9 Å². The van der Waals surface area contributed by atoms with Gasteiger partial charge in [0.05, 0.1) is 16.3 Å². The summed E-state index contributed by atoms with van der Waals surface area (Å²) in [4.78, 5) is 23.3. The summed E-state index contributed by atoms with van der Waals surface area (Å²) in [5.41, 5.74) is -1.36. The molecule has 0 saturated carbocycles. The number of halogens is 5. The van der Waals surface area contributed by atoms with Crippen LogP contribution in [0.1, 0.15) is 11.1 Å². The molecule has 0 aliphatic carbocycles. The number of ether oxygens (including phenoxy) is 1. The van der Waals surface area contributed by atoms with E-state index in [0.717, 1.165) is 18.2 Å². The second-order valence-electron chi connectivity index (χ2n) is 5.20. The zero-order chi connectivity index (χ0) is 20.0. The van der Waals surface area contributed by atoms with Crippen molar-refractivity contribution in [1.82, 2.24) is 0 Å². The molecule has 142 valence electrons. The summed E-state index contributed by atoms with van der Waals surface area (Å²) in [6, 6.07) is 8.41. The molecule has 2 aromatic rings. The molecule has 0 atom stereocenters. The van der Waals surface area contributed by atoms with Crippen molar-refractivity contribution in [3.63, 3.8) is 0 Å². The predicted octanol–water partition coefficient (Wildman–Crippen LogP) is 4.69. The number of carbonyl (C=O) groups excluding carboxylic acids is 2. The van der Waals surface area contributed by atoms with Crippen molar-refractivity contribution in [1.29, 1.82) is 0 Å². The fourth-order valence-electron chi connectivity index (χ4n) is 2.02. The van der Waals surface area contributed by atoms with Gasteiger partial charge in [0.2, 0.25) is 0 Å². The maximum Gasteiger partial charge on any atom is 0.418 e. The Morgan fingerprint density at radius 2 is 1.85 bits per heavy atom. The highest BCUT2D eigenvalue weighted by Gasteiger charge is 2.34. The predicted molar refractivity (Wildman–Crippen MR) is 91.5 cm³/mol. The van der Waals surface area contributed by atoms with E-state index >= 15 is 0 Å². The Morgan fingerprint density at radius 3 is 2.52 bits per heavy atom. The topological polar surface area (TPSA) is 55.4 Å². The first-order valence-electron chi connectivity index (χ1n) is 7.43. The smallest absolute Gasteiger partial charge is 0.418 e. The highest BCUT2D eigenvalue weighted by molar-refractivity contribution is 6.34. The summed E-state index contributed by atoms with van der Waals surface area (Å²) in [5.74, 6) is -2.42. The fraction of sp³-hybridized carbons (Fsp3) is 0.111. The van der Waals surface area contributed by atoms with Crippen LogP contribution in [0.4, 0.5) is 23.2 Å². The van der Waals surface area contributed by atoms with Crippen LogP contribution in [-0.2, 0) is 20.5 Å². The summed E-state index contributed by atoms with van der Waals surface area (Å²) < 4.78 is 56.5. The van der Waals surface area contributed by atoms with E-state index in [-0.39, 0.29) is 5.02 Å². The van der Waals surface area contributed by atoms with Gasteiger partial charge < -0.3 is 10.1 Å².